The van der Waals surface area contributed by atoms with Gasteiger partial charge in [-0.3, -0.25) is 24.9 Å². The number of carbonyl (C=O) groups excluding carboxylic acids is 2. The zero-order chi connectivity index (χ0) is 25.1. The summed E-state index contributed by atoms with van der Waals surface area (Å²) >= 11 is 0. The van der Waals surface area contributed by atoms with E-state index in [-0.39, 0.29) is 43.7 Å². The van der Waals surface area contributed by atoms with Crippen LogP contribution in [0, 0.1) is 11.8 Å². The van der Waals surface area contributed by atoms with Crippen LogP contribution in [-0.4, -0.2) is 57.5 Å². The Hall–Kier alpha value is -2.88. The van der Waals surface area contributed by atoms with E-state index in [0.717, 1.165) is 30.1 Å². The predicted molar refractivity (Wildman–Crippen MR) is 132 cm³/mol. The minimum atomic E-state index is -2.63. The summed E-state index contributed by atoms with van der Waals surface area (Å²) in [4.78, 5) is 33.2. The highest BCUT2D eigenvalue weighted by Gasteiger charge is 2.36. The van der Waals surface area contributed by atoms with Gasteiger partial charge < -0.3 is 4.90 Å². The van der Waals surface area contributed by atoms with Gasteiger partial charge in [-0.25, -0.2) is 8.78 Å². The molecule has 0 radical (unpaired) electrons. The quantitative estimate of drug-likeness (QED) is 0.568. The van der Waals surface area contributed by atoms with Crippen molar-refractivity contribution in [2.75, 3.05) is 29.9 Å². The number of halogens is 2. The van der Waals surface area contributed by atoms with Gasteiger partial charge in [0, 0.05) is 38.0 Å². The molecule has 1 aliphatic carbocycles. The first-order valence-electron chi connectivity index (χ1n) is 13.1. The monoisotopic (exact) mass is 500 g/mol. The van der Waals surface area contributed by atoms with Gasteiger partial charge in [0.2, 0.25) is 17.8 Å². The van der Waals surface area contributed by atoms with Crippen molar-refractivity contribution in [1.82, 2.24) is 20.1 Å². The van der Waals surface area contributed by atoms with Gasteiger partial charge in [0.15, 0.2) is 0 Å². The van der Waals surface area contributed by atoms with Gasteiger partial charge >= 0.3 is 0 Å². The summed E-state index contributed by atoms with van der Waals surface area (Å²) in [6, 6.07) is 7.37. The van der Waals surface area contributed by atoms with Crippen LogP contribution >= 0.6 is 0 Å². The standard InChI is InChI=1S/C26H34F2N6O2/c27-26(28)12-3-13-33(17-26)15-19-6-9-21(10-7-19)34-16-20(14-23(34)35)24(36)30-25-29-22(31-32-25)11-8-18-4-1-2-5-18/h6-7,9-10,18,20H,1-5,8,11-17H2,(H2,29,30,31,32,36). The Kier molecular flexibility index (Phi) is 7.32. The molecule has 36 heavy (non-hydrogen) atoms. The number of anilines is 2. The van der Waals surface area contributed by atoms with Crippen molar-refractivity contribution < 1.29 is 18.4 Å². The van der Waals surface area contributed by atoms with Crippen LogP contribution in [0.5, 0.6) is 0 Å². The van der Waals surface area contributed by atoms with E-state index in [0.29, 0.717) is 25.2 Å². The van der Waals surface area contributed by atoms with Crippen LogP contribution in [0.2, 0.25) is 0 Å². The van der Waals surface area contributed by atoms with Gasteiger partial charge in [-0.2, -0.15) is 4.98 Å². The zero-order valence-electron chi connectivity index (χ0n) is 20.5. The third kappa shape index (κ3) is 6.08. The molecule has 2 aromatic rings. The molecule has 2 amide bonds. The first kappa shape index (κ1) is 24.8. The van der Waals surface area contributed by atoms with Crippen molar-refractivity contribution in [2.24, 2.45) is 11.8 Å². The summed E-state index contributed by atoms with van der Waals surface area (Å²) in [6.07, 6.45) is 7.65. The van der Waals surface area contributed by atoms with E-state index < -0.39 is 11.8 Å². The molecular formula is C26H34F2N6O2. The average molecular weight is 501 g/mol. The van der Waals surface area contributed by atoms with E-state index >= 15 is 0 Å². The summed E-state index contributed by atoms with van der Waals surface area (Å²) in [5.74, 6) is -1.73. The third-order valence-electron chi connectivity index (χ3n) is 7.65. The lowest BCUT2D eigenvalue weighted by molar-refractivity contribution is -0.122. The maximum Gasteiger partial charge on any atom is 0.260 e. The molecule has 10 heteroatoms. The van der Waals surface area contributed by atoms with Crippen molar-refractivity contribution in [3.63, 3.8) is 0 Å². The number of aromatic amines is 1. The van der Waals surface area contributed by atoms with Crippen LogP contribution in [0.25, 0.3) is 0 Å². The lowest BCUT2D eigenvalue weighted by Crippen LogP contribution is -2.42. The second kappa shape index (κ2) is 10.6. The number of piperidine rings is 1. The van der Waals surface area contributed by atoms with Crippen LogP contribution in [0.1, 0.15) is 62.8 Å². The molecule has 8 nitrogen and oxygen atoms in total. The van der Waals surface area contributed by atoms with Crippen molar-refractivity contribution in [2.45, 2.75) is 70.3 Å². The minimum Gasteiger partial charge on any atom is -0.312 e. The van der Waals surface area contributed by atoms with E-state index in [4.69, 9.17) is 0 Å². The molecule has 5 rings (SSSR count). The highest BCUT2D eigenvalue weighted by atomic mass is 19.3. The number of H-pyrrole nitrogens is 1. The molecule has 1 atom stereocenters. The van der Waals surface area contributed by atoms with Gasteiger partial charge in [-0.05, 0) is 43.0 Å². The second-order valence-electron chi connectivity index (χ2n) is 10.5. The Bertz CT molecular complexity index is 1070. The smallest absolute Gasteiger partial charge is 0.260 e. The number of amides is 2. The molecule has 1 aromatic carbocycles. The van der Waals surface area contributed by atoms with Crippen molar-refractivity contribution >= 4 is 23.5 Å². The number of nitrogens with zero attached hydrogens (tertiary/aromatic N) is 4. The van der Waals surface area contributed by atoms with E-state index in [1.165, 1.54) is 25.7 Å². The third-order valence-corrected chi connectivity index (χ3v) is 7.65. The molecule has 0 bridgehead atoms. The first-order valence-corrected chi connectivity index (χ1v) is 13.1. The largest absolute Gasteiger partial charge is 0.312 e. The van der Waals surface area contributed by atoms with Gasteiger partial charge in [-0.1, -0.05) is 37.8 Å². The van der Waals surface area contributed by atoms with Gasteiger partial charge in [0.05, 0.1) is 12.5 Å². The van der Waals surface area contributed by atoms with Crippen LogP contribution in [-0.2, 0) is 22.6 Å². The summed E-state index contributed by atoms with van der Waals surface area (Å²) in [6.45, 7) is 1.17. The summed E-state index contributed by atoms with van der Waals surface area (Å²) in [7, 11) is 0. The summed E-state index contributed by atoms with van der Waals surface area (Å²) in [5, 5.41) is 9.78. The number of aryl methyl sites for hydroxylation is 1. The summed E-state index contributed by atoms with van der Waals surface area (Å²) in [5.41, 5.74) is 1.63. The molecule has 0 spiro atoms. The average Bonchev–Trinajstić information content (AvgIpc) is 3.59. The van der Waals surface area contributed by atoms with Gasteiger partial charge in [0.1, 0.15) is 5.82 Å². The predicted octanol–water partition coefficient (Wildman–Crippen LogP) is 4.15. The molecule has 1 saturated carbocycles. The number of hydrogen-bond donors (Lipinski definition) is 2. The maximum atomic E-state index is 13.7. The maximum absolute atomic E-state index is 13.7. The molecule has 2 aliphatic heterocycles. The molecule has 3 aliphatic rings. The molecule has 1 aromatic heterocycles. The Morgan fingerprint density at radius 2 is 1.94 bits per heavy atom. The molecule has 2 saturated heterocycles. The number of likely N-dealkylation sites (tertiary alicyclic amines) is 1. The molecule has 3 fully saturated rings. The molecule has 194 valence electrons. The highest BCUT2D eigenvalue weighted by Crippen LogP contribution is 2.30. The van der Waals surface area contributed by atoms with Crippen LogP contribution in [0.4, 0.5) is 20.4 Å². The Morgan fingerprint density at radius 3 is 2.69 bits per heavy atom. The van der Waals surface area contributed by atoms with Crippen molar-refractivity contribution in [3.8, 4) is 0 Å². The fourth-order valence-corrected chi connectivity index (χ4v) is 5.67. The molecular weight excluding hydrogens is 466 g/mol. The number of hydrogen-bond acceptors (Lipinski definition) is 5. The number of rotatable bonds is 8. The lowest BCUT2D eigenvalue weighted by atomic mass is 10.0. The van der Waals surface area contributed by atoms with Crippen LogP contribution < -0.4 is 10.2 Å². The highest BCUT2D eigenvalue weighted by molar-refractivity contribution is 6.03. The fourth-order valence-electron chi connectivity index (χ4n) is 5.67. The van der Waals surface area contributed by atoms with Crippen molar-refractivity contribution in [1.29, 1.82) is 0 Å². The van der Waals surface area contributed by atoms with Crippen LogP contribution in [0.15, 0.2) is 24.3 Å². The fraction of sp³-hybridized carbons (Fsp3) is 0.615. The number of carbonyl (C=O) groups is 2. The Morgan fingerprint density at radius 1 is 1.17 bits per heavy atom. The number of aromatic nitrogens is 3. The van der Waals surface area contributed by atoms with Gasteiger partial charge in [-0.15, -0.1) is 5.10 Å². The Labute approximate surface area is 209 Å². The van der Waals surface area contributed by atoms with Crippen LogP contribution in [0.3, 0.4) is 0 Å². The van der Waals surface area contributed by atoms with E-state index in [1.807, 2.05) is 24.3 Å². The summed E-state index contributed by atoms with van der Waals surface area (Å²) < 4.78 is 27.3. The number of alkyl halides is 2. The SMILES string of the molecule is O=C(Nc1n[nH]c(CCC2CCCC2)n1)C1CC(=O)N(c2ccc(CN3CCCC(F)(F)C3)cc2)C1. The number of nitrogens with one attached hydrogen (secondary N) is 2. The van der Waals surface area contributed by atoms with E-state index in [1.54, 1.807) is 9.80 Å². The molecule has 1 unspecified atom stereocenters. The van der Waals surface area contributed by atoms with E-state index in [9.17, 15) is 18.4 Å². The normalized spacial score (nSPS) is 22.9. The van der Waals surface area contributed by atoms with E-state index in [2.05, 4.69) is 20.5 Å². The number of benzene rings is 1. The topological polar surface area (TPSA) is 94.2 Å². The zero-order valence-corrected chi connectivity index (χ0v) is 20.5. The lowest BCUT2D eigenvalue weighted by Gasteiger charge is -2.32. The molecule has 3 heterocycles. The van der Waals surface area contributed by atoms with Gasteiger partial charge in [0.25, 0.3) is 5.92 Å². The first-order chi connectivity index (χ1) is 17.3. The minimum absolute atomic E-state index is 0.0496. The molecule has 2 N–H and O–H groups in total. The second-order valence-corrected chi connectivity index (χ2v) is 10.5. The Balaban J connectivity index is 1.12. The van der Waals surface area contributed by atoms with Crippen molar-refractivity contribution in [3.05, 3.63) is 35.7 Å².